The van der Waals surface area contributed by atoms with Crippen LogP contribution in [0.25, 0.3) is 0 Å². The summed E-state index contributed by atoms with van der Waals surface area (Å²) in [4.78, 5) is 6.05. The molecule has 3 aliphatic heterocycles. The average molecular weight is 476 g/mol. The summed E-state index contributed by atoms with van der Waals surface area (Å²) in [5.41, 5.74) is -0.224. The van der Waals surface area contributed by atoms with Gasteiger partial charge in [-0.25, -0.2) is 4.98 Å². The Labute approximate surface area is 207 Å². The lowest BCUT2D eigenvalue weighted by Crippen LogP contribution is -2.61. The molecule has 5 heteroatoms. The maximum atomic E-state index is 11.9. The minimum atomic E-state index is -1.12. The van der Waals surface area contributed by atoms with Gasteiger partial charge in [0.2, 0.25) is 5.89 Å². The van der Waals surface area contributed by atoms with E-state index in [-0.39, 0.29) is 5.92 Å². The van der Waals surface area contributed by atoms with Crippen molar-refractivity contribution >= 4 is 11.8 Å². The zero-order valence-corrected chi connectivity index (χ0v) is 20.6. The summed E-state index contributed by atoms with van der Waals surface area (Å²) in [6.07, 6.45) is 7.73. The van der Waals surface area contributed by atoms with Crippen LogP contribution in [0.1, 0.15) is 49.3 Å². The van der Waals surface area contributed by atoms with Crippen LogP contribution >= 0.6 is 11.8 Å². The lowest BCUT2D eigenvalue weighted by atomic mass is 9.69. The van der Waals surface area contributed by atoms with Crippen molar-refractivity contribution in [2.75, 3.05) is 25.4 Å². The quantitative estimate of drug-likeness (QED) is 0.327. The van der Waals surface area contributed by atoms with Gasteiger partial charge in [-0.05, 0) is 36.5 Å². The molecule has 34 heavy (non-hydrogen) atoms. The summed E-state index contributed by atoms with van der Waals surface area (Å²) >= 11 is 2.01. The number of aromatic nitrogens is 1. The minimum Gasteiger partial charge on any atom is -0.436 e. The number of rotatable bonds is 8. The summed E-state index contributed by atoms with van der Waals surface area (Å²) in [5, 5.41) is 11.9. The van der Waals surface area contributed by atoms with Crippen LogP contribution in [0.15, 0.2) is 76.2 Å². The Bertz CT molecular complexity index is 1090. The highest BCUT2D eigenvalue weighted by Gasteiger charge is 2.49. The molecule has 0 spiro atoms. The number of oxazole rings is 1. The number of benzene rings is 2. The van der Waals surface area contributed by atoms with Crippen molar-refractivity contribution in [2.45, 2.75) is 49.1 Å². The van der Waals surface area contributed by atoms with Gasteiger partial charge >= 0.3 is 0 Å². The Morgan fingerprint density at radius 1 is 0.971 bits per heavy atom. The van der Waals surface area contributed by atoms with E-state index in [0.717, 1.165) is 53.4 Å². The van der Waals surface area contributed by atoms with Crippen LogP contribution in [0.3, 0.4) is 0 Å². The second-order valence-corrected chi connectivity index (χ2v) is 11.8. The van der Waals surface area contributed by atoms with Crippen LogP contribution in [0.4, 0.5) is 0 Å². The molecule has 7 rings (SSSR count). The molecule has 1 aromatic heterocycles. The fourth-order valence-electron chi connectivity index (χ4n) is 6.51. The first-order valence-electron chi connectivity index (χ1n) is 12.9. The van der Waals surface area contributed by atoms with Gasteiger partial charge in [0.05, 0.1) is 25.8 Å². The highest BCUT2D eigenvalue weighted by molar-refractivity contribution is 7.99. The molecule has 1 N–H and O–H groups in total. The van der Waals surface area contributed by atoms with E-state index in [1.165, 1.54) is 43.1 Å². The molecule has 3 saturated heterocycles. The van der Waals surface area contributed by atoms with E-state index in [2.05, 4.69) is 35.3 Å². The van der Waals surface area contributed by atoms with Crippen molar-refractivity contribution in [2.24, 2.45) is 17.8 Å². The van der Waals surface area contributed by atoms with Gasteiger partial charge in [-0.15, -0.1) is 11.8 Å². The lowest BCUT2D eigenvalue weighted by Gasteiger charge is -2.52. The van der Waals surface area contributed by atoms with Crippen LogP contribution in [-0.4, -0.2) is 40.0 Å². The normalized spacial score (nSPS) is 28.4. The molecule has 2 unspecified atom stereocenters. The van der Waals surface area contributed by atoms with Gasteiger partial charge in [-0.2, -0.15) is 0 Å². The van der Waals surface area contributed by atoms with Crippen LogP contribution in [-0.2, 0) is 12.1 Å². The fourth-order valence-corrected chi connectivity index (χ4v) is 7.64. The van der Waals surface area contributed by atoms with Gasteiger partial charge in [0.1, 0.15) is 6.54 Å². The Kier molecular flexibility index (Phi) is 6.04. The number of thioether (sulfide) groups is 1. The minimum absolute atomic E-state index is 0.179. The number of nitrogens with zero attached hydrogens (tertiary/aromatic N) is 2. The molecule has 1 aliphatic carbocycles. The number of fused-ring (bicyclic) bond motifs is 3. The first-order chi connectivity index (χ1) is 16.6. The topological polar surface area (TPSA) is 46.3 Å². The van der Waals surface area contributed by atoms with Crippen molar-refractivity contribution in [3.8, 4) is 0 Å². The molecular formula is C29H35N2O2S+. The molecule has 178 valence electrons. The highest BCUT2D eigenvalue weighted by Crippen LogP contribution is 2.47. The molecule has 2 aromatic carbocycles. The first kappa shape index (κ1) is 22.4. The number of piperidine rings is 3. The third-order valence-electron chi connectivity index (χ3n) is 8.72. The van der Waals surface area contributed by atoms with Crippen molar-refractivity contribution in [3.63, 3.8) is 0 Å². The number of aliphatic hydroxyl groups is 1. The molecule has 4 aliphatic rings. The molecule has 2 bridgehead atoms. The number of hydrogen-bond donors (Lipinski definition) is 1. The van der Waals surface area contributed by atoms with E-state index < -0.39 is 5.60 Å². The van der Waals surface area contributed by atoms with Crippen LogP contribution in [0.2, 0.25) is 0 Å². The lowest BCUT2D eigenvalue weighted by molar-refractivity contribution is -0.959. The molecule has 0 radical (unpaired) electrons. The number of hydrogen-bond acceptors (Lipinski definition) is 4. The zero-order valence-electron chi connectivity index (χ0n) is 19.8. The SMILES string of the molecule is OC(c1ccccc1)(c1ncc(C[N+]23CCC(CC2)C(CSc2ccccc2)C3)o1)C1CCC1. The van der Waals surface area contributed by atoms with E-state index >= 15 is 0 Å². The second-order valence-electron chi connectivity index (χ2n) is 10.7. The molecule has 1 saturated carbocycles. The van der Waals surface area contributed by atoms with Crippen molar-refractivity contribution in [1.29, 1.82) is 0 Å². The third-order valence-corrected chi connectivity index (χ3v) is 9.93. The van der Waals surface area contributed by atoms with Gasteiger partial charge in [-0.1, -0.05) is 55.0 Å². The van der Waals surface area contributed by atoms with Crippen molar-refractivity contribution in [1.82, 2.24) is 4.98 Å². The first-order valence-corrected chi connectivity index (χ1v) is 13.9. The van der Waals surface area contributed by atoms with Crippen molar-refractivity contribution < 1.29 is 14.0 Å². The van der Waals surface area contributed by atoms with E-state index in [9.17, 15) is 5.11 Å². The van der Waals surface area contributed by atoms with Gasteiger partial charge in [-0.3, -0.25) is 0 Å². The molecule has 0 amide bonds. The Balaban J connectivity index is 1.19. The molecule has 4 fully saturated rings. The summed E-state index contributed by atoms with van der Waals surface area (Å²) in [6.45, 7) is 4.59. The monoisotopic (exact) mass is 475 g/mol. The average Bonchev–Trinajstić information content (AvgIpc) is 3.32. The predicted molar refractivity (Wildman–Crippen MR) is 135 cm³/mol. The van der Waals surface area contributed by atoms with Gasteiger partial charge in [0.15, 0.2) is 11.4 Å². The largest absolute Gasteiger partial charge is 0.436 e. The molecule has 2 atom stereocenters. The summed E-state index contributed by atoms with van der Waals surface area (Å²) in [7, 11) is 0. The van der Waals surface area contributed by atoms with Crippen molar-refractivity contribution in [3.05, 3.63) is 84.1 Å². The maximum absolute atomic E-state index is 11.9. The summed E-state index contributed by atoms with van der Waals surface area (Å²) in [5.74, 6) is 4.41. The molecular weight excluding hydrogens is 440 g/mol. The van der Waals surface area contributed by atoms with E-state index in [0.29, 0.717) is 5.89 Å². The molecule has 4 nitrogen and oxygen atoms in total. The van der Waals surface area contributed by atoms with E-state index in [1.54, 1.807) is 0 Å². The van der Waals surface area contributed by atoms with Gasteiger partial charge in [0.25, 0.3) is 0 Å². The molecule has 4 heterocycles. The van der Waals surface area contributed by atoms with Gasteiger partial charge in [0, 0.05) is 35.3 Å². The van der Waals surface area contributed by atoms with Crippen LogP contribution in [0.5, 0.6) is 0 Å². The zero-order chi connectivity index (χ0) is 23.0. The van der Waals surface area contributed by atoms with Crippen LogP contribution in [0, 0.1) is 17.8 Å². The molecule has 3 aromatic rings. The standard InChI is InChI=1S/C29H35N2O2S/c32-29(25-10-7-11-25,24-8-3-1-4-9-24)28-30-18-26(33-28)20-31-16-14-22(15-17-31)23(19-31)21-34-27-12-5-2-6-13-27/h1-6,8-9,12-13,18,22-23,25,32H,7,10-11,14-17,19-21H2/q+1. The fraction of sp³-hybridized carbons (Fsp3) is 0.483. The van der Waals surface area contributed by atoms with E-state index in [1.807, 2.05) is 48.3 Å². The summed E-state index contributed by atoms with van der Waals surface area (Å²) in [6, 6.07) is 20.8. The Morgan fingerprint density at radius 2 is 1.68 bits per heavy atom. The Morgan fingerprint density at radius 3 is 2.35 bits per heavy atom. The third kappa shape index (κ3) is 4.12. The Hall–Kier alpha value is -2.08. The smallest absolute Gasteiger partial charge is 0.231 e. The number of quaternary nitrogens is 1. The van der Waals surface area contributed by atoms with E-state index in [4.69, 9.17) is 4.42 Å². The van der Waals surface area contributed by atoms with Gasteiger partial charge < -0.3 is 14.0 Å². The van der Waals surface area contributed by atoms with Crippen LogP contribution < -0.4 is 0 Å². The highest BCUT2D eigenvalue weighted by atomic mass is 32.2. The second kappa shape index (κ2) is 9.18. The summed E-state index contributed by atoms with van der Waals surface area (Å²) < 4.78 is 7.50. The predicted octanol–water partition coefficient (Wildman–Crippen LogP) is 5.86. The maximum Gasteiger partial charge on any atom is 0.231 e.